The van der Waals surface area contributed by atoms with E-state index in [1.165, 1.54) is 0 Å². The van der Waals surface area contributed by atoms with E-state index in [0.717, 1.165) is 5.69 Å². The van der Waals surface area contributed by atoms with Crippen LogP contribution in [0.1, 0.15) is 129 Å². The largest absolute Gasteiger partial charge is 0.501 e. The number of fused-ring (bicyclic) bond motifs is 3. The highest BCUT2D eigenvalue weighted by Gasteiger charge is 2.67. The number of aromatic nitrogens is 2. The molecule has 3 saturated carbocycles. The quantitative estimate of drug-likeness (QED) is 0.221. The summed E-state index contributed by atoms with van der Waals surface area (Å²) in [6.45, 7) is 10.6. The fraction of sp³-hybridized carbons (Fsp3) is 0.795. The van der Waals surface area contributed by atoms with Gasteiger partial charge in [-0.15, -0.1) is 0 Å². The molecule has 6 rings (SSSR count). The molecule has 0 bridgehead atoms. The molecular formula is C44H65F5N6O8S. The Morgan fingerprint density at radius 3 is 2.34 bits per heavy atom. The lowest BCUT2D eigenvalue weighted by Gasteiger charge is -2.42. The molecular weight excluding hydrogens is 868 g/mol. The Kier molecular flexibility index (Phi) is 14.9. The smallest absolute Gasteiger partial charge is 0.428 e. The Morgan fingerprint density at radius 2 is 1.75 bits per heavy atom. The standard InChI is InChI=1S/C44H65F5N6O8S/c1-8-26-24-62-38-30(50-31-20-25(3)33(61-7)21-32(31)51-38)16-12-10-11-14-27-15-13-19-43(27,44(47,48)49)63-40(58)52-34(41(4,5)6)23-55(9-2)35(26)37(56)53-42(22-29(42)36(45)46)39(57)54-64(59,60)28-17-18-28/h21,25-29,34-36H,8-20,22-24H2,1-7H3,(H,52,58)(H,53,56)(H,54,57)/t25?,26-,27-,29+,34-,35+,42-,43-/m1/s1. The minimum atomic E-state index is -4.85. The molecule has 3 N–H and O–H groups in total. The van der Waals surface area contributed by atoms with Gasteiger partial charge in [0, 0.05) is 42.8 Å². The summed E-state index contributed by atoms with van der Waals surface area (Å²) < 4.78 is 120. The van der Waals surface area contributed by atoms with E-state index < -0.39 is 98.6 Å². The molecule has 3 amide bonds. The monoisotopic (exact) mass is 932 g/mol. The van der Waals surface area contributed by atoms with E-state index in [1.54, 1.807) is 52.7 Å². The lowest BCUT2D eigenvalue weighted by molar-refractivity contribution is -0.271. The number of allylic oxidation sites excluding steroid dienone is 1. The average molecular weight is 933 g/mol. The van der Waals surface area contributed by atoms with Crippen LogP contribution in [-0.4, -0.2) is 109 Å². The van der Waals surface area contributed by atoms with Crippen molar-refractivity contribution < 1.29 is 59.0 Å². The minimum absolute atomic E-state index is 0.0222. The van der Waals surface area contributed by atoms with Crippen molar-refractivity contribution in [3.05, 3.63) is 22.8 Å². The summed E-state index contributed by atoms with van der Waals surface area (Å²) in [7, 11) is -2.61. The van der Waals surface area contributed by atoms with Crippen LogP contribution in [0.4, 0.5) is 26.7 Å². The second-order valence-corrected chi connectivity index (χ2v) is 21.4. The average Bonchev–Trinajstić information content (AvgIpc) is 4.14. The zero-order valence-electron chi connectivity index (χ0n) is 37.9. The van der Waals surface area contributed by atoms with Crippen molar-refractivity contribution in [2.24, 2.45) is 29.1 Å². The van der Waals surface area contributed by atoms with Crippen LogP contribution < -0.4 is 20.1 Å². The number of carbonyl (C=O) groups is 3. The van der Waals surface area contributed by atoms with Gasteiger partial charge in [-0.2, -0.15) is 13.2 Å². The Balaban J connectivity index is 1.41. The van der Waals surface area contributed by atoms with E-state index in [2.05, 4.69) is 10.6 Å². The number of halogens is 5. The summed E-state index contributed by atoms with van der Waals surface area (Å²) in [4.78, 5) is 53.9. The highest BCUT2D eigenvalue weighted by atomic mass is 32.2. The maximum absolute atomic E-state index is 15.1. The van der Waals surface area contributed by atoms with Crippen LogP contribution in [0.3, 0.4) is 0 Å². The molecule has 20 heteroatoms. The molecule has 14 nitrogen and oxygen atoms in total. The van der Waals surface area contributed by atoms with Gasteiger partial charge in [-0.1, -0.05) is 54.4 Å². The lowest BCUT2D eigenvalue weighted by atomic mass is 9.85. The van der Waals surface area contributed by atoms with Gasteiger partial charge in [0.25, 0.3) is 5.91 Å². The molecule has 1 aromatic heterocycles. The fourth-order valence-corrected chi connectivity index (χ4v) is 11.1. The van der Waals surface area contributed by atoms with E-state index in [-0.39, 0.29) is 63.6 Å². The van der Waals surface area contributed by atoms with Crippen molar-refractivity contribution in [3.63, 3.8) is 0 Å². The molecule has 8 atom stereocenters. The number of nitrogens with zero attached hydrogens (tertiary/aromatic N) is 3. The summed E-state index contributed by atoms with van der Waals surface area (Å²) in [6, 6.07) is -2.20. The van der Waals surface area contributed by atoms with Crippen LogP contribution in [0.25, 0.3) is 6.08 Å². The summed E-state index contributed by atoms with van der Waals surface area (Å²) in [6.07, 6.45) is -4.32. The van der Waals surface area contributed by atoms with Crippen LogP contribution in [0.2, 0.25) is 0 Å². The van der Waals surface area contributed by atoms with Crippen molar-refractivity contribution in [1.82, 2.24) is 30.2 Å². The first kappa shape index (κ1) is 49.6. The van der Waals surface area contributed by atoms with Gasteiger partial charge in [0.05, 0.1) is 42.3 Å². The second-order valence-electron chi connectivity index (χ2n) is 19.5. The summed E-state index contributed by atoms with van der Waals surface area (Å²) in [5.74, 6) is -4.60. The first-order valence-corrected chi connectivity index (χ1v) is 24.3. The summed E-state index contributed by atoms with van der Waals surface area (Å²) >= 11 is 0. The number of methoxy groups -OCH3 is 1. The number of ether oxygens (including phenoxy) is 3. The van der Waals surface area contributed by atoms with Gasteiger partial charge in [-0.05, 0) is 76.2 Å². The van der Waals surface area contributed by atoms with E-state index >= 15 is 13.2 Å². The normalized spacial score (nSPS) is 31.3. The Morgan fingerprint density at radius 1 is 1.05 bits per heavy atom. The number of amides is 3. The minimum Gasteiger partial charge on any atom is -0.501 e. The van der Waals surface area contributed by atoms with Crippen molar-refractivity contribution in [2.75, 3.05) is 26.8 Å². The van der Waals surface area contributed by atoms with Crippen molar-refractivity contribution in [3.8, 4) is 5.88 Å². The predicted molar refractivity (Wildman–Crippen MR) is 226 cm³/mol. The lowest BCUT2D eigenvalue weighted by Crippen LogP contribution is -2.62. The van der Waals surface area contributed by atoms with Crippen LogP contribution in [0.5, 0.6) is 5.88 Å². The number of hydrogen-bond acceptors (Lipinski definition) is 11. The number of likely N-dealkylation sites (N-methyl/N-ethyl adjacent to an activating group) is 1. The van der Waals surface area contributed by atoms with E-state index in [0.29, 0.717) is 62.1 Å². The number of carbonyl (C=O) groups excluding carboxylic acids is 3. The van der Waals surface area contributed by atoms with Gasteiger partial charge >= 0.3 is 12.3 Å². The van der Waals surface area contributed by atoms with Crippen molar-refractivity contribution in [1.29, 1.82) is 0 Å². The molecule has 64 heavy (non-hydrogen) atoms. The van der Waals surface area contributed by atoms with Gasteiger partial charge in [-0.25, -0.2) is 32.0 Å². The Hall–Kier alpha value is -3.81. The van der Waals surface area contributed by atoms with E-state index in [1.807, 2.05) is 11.6 Å². The number of hydrogen-bond donors (Lipinski definition) is 3. The molecule has 0 radical (unpaired) electrons. The van der Waals surface area contributed by atoms with Crippen LogP contribution in [0.15, 0.2) is 5.76 Å². The van der Waals surface area contributed by atoms with Gasteiger partial charge in [-0.3, -0.25) is 19.2 Å². The molecule has 4 aliphatic carbocycles. The third-order valence-electron chi connectivity index (χ3n) is 14.0. The number of rotatable bonds is 9. The van der Waals surface area contributed by atoms with Crippen molar-refractivity contribution >= 4 is 34.0 Å². The SMILES string of the molecule is CC[C@@H]1COc2nc3c(nc2CCCCC[C@@H]2CCC[C@@]2(C(F)(F)F)OC(=O)N[C@@H](C(C)(C)C)CN(CC)[C@@H]1C(=O)N[C@]1(C(=O)NS(=O)(=O)C2CC2)C[C@H]1C(F)F)CC(C)C(OC)=C3. The first-order chi connectivity index (χ1) is 30.0. The molecule has 0 aromatic carbocycles. The predicted octanol–water partition coefficient (Wildman–Crippen LogP) is 6.86. The Bertz CT molecular complexity index is 2030. The molecule has 0 saturated heterocycles. The molecule has 1 unspecified atom stereocenters. The molecule has 2 heterocycles. The van der Waals surface area contributed by atoms with Crippen molar-refractivity contribution in [2.45, 2.75) is 166 Å². The Labute approximate surface area is 373 Å². The van der Waals surface area contributed by atoms with Gasteiger partial charge in [0.1, 0.15) is 17.0 Å². The first-order valence-electron chi connectivity index (χ1n) is 22.7. The molecule has 3 fully saturated rings. The molecule has 5 aliphatic rings. The number of aryl methyl sites for hydroxylation is 1. The van der Waals surface area contributed by atoms with Crippen LogP contribution in [-0.2, 0) is 41.9 Å². The maximum atomic E-state index is 15.1. The highest BCUT2D eigenvalue weighted by molar-refractivity contribution is 7.91. The highest BCUT2D eigenvalue weighted by Crippen LogP contribution is 2.52. The topological polar surface area (TPSA) is 178 Å². The fourth-order valence-electron chi connectivity index (χ4n) is 9.70. The molecule has 360 valence electrons. The third-order valence-corrected chi connectivity index (χ3v) is 15.8. The summed E-state index contributed by atoms with van der Waals surface area (Å²) in [5, 5.41) is 4.42. The van der Waals surface area contributed by atoms with E-state index in [9.17, 15) is 31.6 Å². The van der Waals surface area contributed by atoms with E-state index in [4.69, 9.17) is 24.2 Å². The maximum Gasteiger partial charge on any atom is 0.428 e. The van der Waals surface area contributed by atoms with Crippen LogP contribution in [0, 0.1) is 29.1 Å². The molecule has 1 aliphatic heterocycles. The molecule has 1 aromatic rings. The zero-order chi connectivity index (χ0) is 47.0. The molecule has 0 spiro atoms. The van der Waals surface area contributed by atoms with Crippen LogP contribution >= 0.6 is 0 Å². The summed E-state index contributed by atoms with van der Waals surface area (Å²) in [5.41, 5.74) is -3.98. The number of alkyl carbamates (subject to hydrolysis) is 1. The number of alkyl halides is 5. The third kappa shape index (κ3) is 10.6. The van der Waals surface area contributed by atoms with Gasteiger partial charge < -0.3 is 24.8 Å². The zero-order valence-corrected chi connectivity index (χ0v) is 38.7. The second kappa shape index (κ2) is 19.2. The van der Waals surface area contributed by atoms with Gasteiger partial charge in [0.15, 0.2) is 0 Å². The number of sulfonamides is 1. The van der Waals surface area contributed by atoms with Gasteiger partial charge in [0.2, 0.25) is 33.8 Å². The number of nitrogens with one attached hydrogen (secondary N) is 3.